The Morgan fingerprint density at radius 3 is 2.38 bits per heavy atom. The number of methoxy groups -OCH3 is 1. The highest BCUT2D eigenvalue weighted by Gasteiger charge is 2.37. The summed E-state index contributed by atoms with van der Waals surface area (Å²) in [5.74, 6) is 0.917. The van der Waals surface area contributed by atoms with Crippen molar-refractivity contribution in [3.8, 4) is 0 Å². The normalized spacial score (nSPS) is 15.1. The molecule has 0 saturated heterocycles. The van der Waals surface area contributed by atoms with Crippen LogP contribution in [0.15, 0.2) is 53.4 Å². The van der Waals surface area contributed by atoms with E-state index < -0.39 is 0 Å². The van der Waals surface area contributed by atoms with Crippen LogP contribution in [0.3, 0.4) is 0 Å². The van der Waals surface area contributed by atoms with Crippen LogP contribution in [-0.2, 0) is 17.6 Å². The molecule has 0 radical (unpaired) electrons. The van der Waals surface area contributed by atoms with Gasteiger partial charge in [-0.05, 0) is 29.0 Å². The second-order valence-corrected chi connectivity index (χ2v) is 7.43. The Bertz CT molecular complexity index is 704. The van der Waals surface area contributed by atoms with E-state index in [0.717, 1.165) is 29.1 Å². The summed E-state index contributed by atoms with van der Waals surface area (Å²) in [6.45, 7) is 2.61. The van der Waals surface area contributed by atoms with Crippen molar-refractivity contribution in [2.45, 2.75) is 30.3 Å². The second kappa shape index (κ2) is 7.41. The fraction of sp³-hybridized carbons (Fsp3) is 0.350. The molecule has 0 aliphatic heterocycles. The van der Waals surface area contributed by atoms with E-state index in [9.17, 15) is 4.79 Å². The number of carbonyl (C=O) groups is 1. The largest absolute Gasteiger partial charge is 0.376 e. The minimum absolute atomic E-state index is 0.0288. The molecule has 4 heteroatoms. The van der Waals surface area contributed by atoms with E-state index in [2.05, 4.69) is 36.5 Å². The molecule has 0 unspecified atom stereocenters. The summed E-state index contributed by atoms with van der Waals surface area (Å²) in [4.78, 5) is 13.7. The Labute approximate surface area is 147 Å². The predicted molar refractivity (Wildman–Crippen MR) is 98.8 cm³/mol. The Morgan fingerprint density at radius 2 is 1.75 bits per heavy atom. The van der Waals surface area contributed by atoms with Gasteiger partial charge in [0.25, 0.3) is 5.91 Å². The lowest BCUT2D eigenvalue weighted by atomic mass is 10.00. The van der Waals surface area contributed by atoms with Crippen LogP contribution in [0.25, 0.3) is 0 Å². The minimum atomic E-state index is -0.341. The van der Waals surface area contributed by atoms with E-state index in [1.165, 1.54) is 11.1 Å². The summed E-state index contributed by atoms with van der Waals surface area (Å²) < 4.78 is 5.83. The number of amides is 1. The van der Waals surface area contributed by atoms with E-state index in [0.29, 0.717) is 6.54 Å². The Morgan fingerprint density at radius 1 is 1.12 bits per heavy atom. The van der Waals surface area contributed by atoms with Gasteiger partial charge in [0.2, 0.25) is 0 Å². The Hall–Kier alpha value is -1.78. The van der Waals surface area contributed by atoms with E-state index in [1.54, 1.807) is 18.9 Å². The highest BCUT2D eigenvalue weighted by Crippen LogP contribution is 2.32. The van der Waals surface area contributed by atoms with Crippen LogP contribution in [0.4, 0.5) is 0 Å². The fourth-order valence-electron chi connectivity index (χ4n) is 3.27. The van der Waals surface area contributed by atoms with Gasteiger partial charge in [-0.2, -0.15) is 0 Å². The van der Waals surface area contributed by atoms with Crippen LogP contribution in [0.5, 0.6) is 0 Å². The molecule has 24 heavy (non-hydrogen) atoms. The fourth-order valence-corrected chi connectivity index (χ4v) is 4.07. The molecule has 2 aromatic rings. The molecule has 1 aliphatic carbocycles. The first-order chi connectivity index (χ1) is 11.7. The third-order valence-electron chi connectivity index (χ3n) is 4.58. The predicted octanol–water partition coefficient (Wildman–Crippen LogP) is 3.71. The van der Waals surface area contributed by atoms with Crippen molar-refractivity contribution >= 4 is 17.7 Å². The van der Waals surface area contributed by atoms with Gasteiger partial charge in [0, 0.05) is 31.4 Å². The maximum Gasteiger partial charge on any atom is 0.252 e. The Kier molecular flexibility index (Phi) is 5.27. The molecule has 126 valence electrons. The van der Waals surface area contributed by atoms with Gasteiger partial charge in [-0.1, -0.05) is 43.3 Å². The van der Waals surface area contributed by atoms with Gasteiger partial charge in [0.15, 0.2) is 0 Å². The number of rotatable bonds is 6. The zero-order chi connectivity index (χ0) is 17.0. The number of nitrogens with one attached hydrogen (secondary N) is 1. The molecular formula is C20H23NO2S. The summed E-state index contributed by atoms with van der Waals surface area (Å²) in [7, 11) is 1.74. The summed E-state index contributed by atoms with van der Waals surface area (Å²) in [5, 5.41) is 3.09. The van der Waals surface area contributed by atoms with E-state index in [1.807, 2.05) is 24.3 Å². The van der Waals surface area contributed by atoms with Crippen LogP contribution in [-0.4, -0.2) is 30.9 Å². The summed E-state index contributed by atoms with van der Waals surface area (Å²) >= 11 is 1.69. The zero-order valence-corrected chi connectivity index (χ0v) is 15.0. The molecule has 3 nitrogen and oxygen atoms in total. The third kappa shape index (κ3) is 3.50. The number of thioether (sulfide) groups is 1. The van der Waals surface area contributed by atoms with Crippen molar-refractivity contribution < 1.29 is 9.53 Å². The summed E-state index contributed by atoms with van der Waals surface area (Å²) in [5.41, 5.74) is 3.03. The zero-order valence-electron chi connectivity index (χ0n) is 14.2. The van der Waals surface area contributed by atoms with Crippen molar-refractivity contribution in [2.24, 2.45) is 0 Å². The van der Waals surface area contributed by atoms with Crippen LogP contribution in [0.2, 0.25) is 0 Å². The van der Waals surface area contributed by atoms with Gasteiger partial charge in [-0.25, -0.2) is 0 Å². The Balaban J connectivity index is 1.70. The highest BCUT2D eigenvalue weighted by molar-refractivity contribution is 7.99. The topological polar surface area (TPSA) is 38.3 Å². The van der Waals surface area contributed by atoms with Crippen LogP contribution >= 0.6 is 11.8 Å². The first kappa shape index (κ1) is 17.1. The SMILES string of the molecule is CCSc1ccccc1C(=O)NCC1(OC)Cc2ccccc2C1. The number of hydrogen-bond donors (Lipinski definition) is 1. The number of carbonyl (C=O) groups excluding carboxylic acids is 1. The lowest BCUT2D eigenvalue weighted by molar-refractivity contribution is 0.000153. The number of hydrogen-bond acceptors (Lipinski definition) is 3. The third-order valence-corrected chi connectivity index (χ3v) is 5.53. The molecule has 1 aliphatic rings. The molecule has 0 heterocycles. The first-order valence-corrected chi connectivity index (χ1v) is 9.28. The standard InChI is InChI=1S/C20H23NO2S/c1-3-24-18-11-7-6-10-17(18)19(22)21-14-20(23-2)12-15-8-4-5-9-16(15)13-20/h4-11H,3,12-14H2,1-2H3,(H,21,22). The van der Waals surface area contributed by atoms with Crippen molar-refractivity contribution in [2.75, 3.05) is 19.4 Å². The van der Waals surface area contributed by atoms with Crippen LogP contribution in [0.1, 0.15) is 28.4 Å². The summed E-state index contributed by atoms with van der Waals surface area (Å²) in [6.07, 6.45) is 1.68. The summed E-state index contributed by atoms with van der Waals surface area (Å²) in [6, 6.07) is 16.2. The van der Waals surface area contributed by atoms with E-state index in [-0.39, 0.29) is 11.5 Å². The van der Waals surface area contributed by atoms with E-state index in [4.69, 9.17) is 4.74 Å². The first-order valence-electron chi connectivity index (χ1n) is 8.29. The lowest BCUT2D eigenvalue weighted by Gasteiger charge is -2.28. The van der Waals surface area contributed by atoms with Gasteiger partial charge in [0.1, 0.15) is 0 Å². The molecule has 0 bridgehead atoms. The molecule has 3 rings (SSSR count). The van der Waals surface area contributed by atoms with Gasteiger partial charge >= 0.3 is 0 Å². The monoisotopic (exact) mass is 341 g/mol. The average Bonchev–Trinajstić information content (AvgIpc) is 3.00. The second-order valence-electron chi connectivity index (χ2n) is 6.12. The lowest BCUT2D eigenvalue weighted by Crippen LogP contribution is -2.45. The molecular weight excluding hydrogens is 318 g/mol. The molecule has 1 amide bonds. The van der Waals surface area contributed by atoms with Crippen LogP contribution < -0.4 is 5.32 Å². The number of fused-ring (bicyclic) bond motifs is 1. The maximum absolute atomic E-state index is 12.6. The van der Waals surface area contributed by atoms with Gasteiger partial charge < -0.3 is 10.1 Å². The van der Waals surface area contributed by atoms with Crippen molar-refractivity contribution in [1.82, 2.24) is 5.32 Å². The number of ether oxygens (including phenoxy) is 1. The molecule has 1 N–H and O–H groups in total. The molecule has 0 atom stereocenters. The van der Waals surface area contributed by atoms with Crippen LogP contribution in [0, 0.1) is 0 Å². The van der Waals surface area contributed by atoms with E-state index >= 15 is 0 Å². The average molecular weight is 341 g/mol. The minimum Gasteiger partial charge on any atom is -0.376 e. The number of benzene rings is 2. The van der Waals surface area contributed by atoms with Crippen molar-refractivity contribution in [3.05, 3.63) is 65.2 Å². The van der Waals surface area contributed by atoms with Crippen molar-refractivity contribution in [3.63, 3.8) is 0 Å². The van der Waals surface area contributed by atoms with Gasteiger partial charge in [-0.15, -0.1) is 11.8 Å². The maximum atomic E-state index is 12.6. The van der Waals surface area contributed by atoms with Gasteiger partial charge in [-0.3, -0.25) is 4.79 Å². The molecule has 0 aromatic heterocycles. The smallest absolute Gasteiger partial charge is 0.252 e. The molecule has 2 aromatic carbocycles. The highest BCUT2D eigenvalue weighted by atomic mass is 32.2. The molecule has 0 fully saturated rings. The molecule has 0 spiro atoms. The van der Waals surface area contributed by atoms with Crippen molar-refractivity contribution in [1.29, 1.82) is 0 Å². The quantitative estimate of drug-likeness (QED) is 0.814. The molecule has 0 saturated carbocycles. The van der Waals surface area contributed by atoms with Gasteiger partial charge in [0.05, 0.1) is 11.2 Å².